The summed E-state index contributed by atoms with van der Waals surface area (Å²) in [6, 6.07) is 0. The van der Waals surface area contributed by atoms with Crippen LogP contribution in [0.15, 0.2) is 0 Å². The van der Waals surface area contributed by atoms with E-state index in [0.29, 0.717) is 17.6 Å². The molecule has 1 aliphatic rings. The van der Waals surface area contributed by atoms with Gasteiger partial charge in [-0.25, -0.2) is 0 Å². The minimum absolute atomic E-state index is 0.0132. The van der Waals surface area contributed by atoms with E-state index in [1.165, 1.54) is 89.9 Å². The maximum Gasteiger partial charge on any atom is 0.268 e. The lowest BCUT2D eigenvalue weighted by molar-refractivity contribution is -0.870. The third-order valence-electron chi connectivity index (χ3n) is 6.86. The van der Waals surface area contributed by atoms with Gasteiger partial charge in [0.05, 0.1) is 34.4 Å². The van der Waals surface area contributed by atoms with Crippen LogP contribution in [0.2, 0.25) is 0 Å². The summed E-state index contributed by atoms with van der Waals surface area (Å²) in [5.41, 5.74) is -1.27. The molecular formula is C29H60NO6P. The summed E-state index contributed by atoms with van der Waals surface area (Å²) in [7, 11) is 1.29. The fourth-order valence-electron chi connectivity index (χ4n) is 4.40. The van der Waals surface area contributed by atoms with E-state index >= 15 is 0 Å². The van der Waals surface area contributed by atoms with Gasteiger partial charge in [0, 0.05) is 16.0 Å². The highest BCUT2D eigenvalue weighted by atomic mass is 31.2. The quantitative estimate of drug-likeness (QED) is 0.0648. The predicted molar refractivity (Wildman–Crippen MR) is 151 cm³/mol. The third-order valence-corrected chi connectivity index (χ3v) is 7.80. The lowest BCUT2D eigenvalue weighted by atomic mass is 10.0. The van der Waals surface area contributed by atoms with Crippen LogP contribution in [0.4, 0.5) is 0 Å². The third kappa shape index (κ3) is 20.5. The number of ether oxygens (including phenoxy) is 2. The van der Waals surface area contributed by atoms with Crippen molar-refractivity contribution in [2.45, 2.75) is 128 Å². The number of likely N-dealkylation sites (N-methyl/N-ethyl adjacent to an activating group) is 1. The van der Waals surface area contributed by atoms with E-state index in [-0.39, 0.29) is 26.4 Å². The Hall–Kier alpha value is -0.0100. The van der Waals surface area contributed by atoms with Gasteiger partial charge in [0.1, 0.15) is 18.8 Å². The van der Waals surface area contributed by atoms with Gasteiger partial charge in [0.15, 0.2) is 0 Å². The zero-order valence-electron chi connectivity index (χ0n) is 26.6. The largest absolute Gasteiger partial charge is 0.756 e. The van der Waals surface area contributed by atoms with Crippen molar-refractivity contribution in [2.24, 2.45) is 0 Å². The van der Waals surface area contributed by atoms with Crippen molar-refractivity contribution < 1.29 is 35.2 Å². The van der Waals surface area contributed by atoms with E-state index in [1.54, 1.807) is 0 Å². The van der Waals surface area contributed by atoms with Crippen molar-refractivity contribution in [1.82, 2.24) is 0 Å². The second-order valence-corrected chi connectivity index (χ2v) is 13.1. The molecule has 4 atom stereocenters. The summed E-state index contributed by atoms with van der Waals surface area (Å²) in [5, 5.41) is 0. The molecule has 4 unspecified atom stereocenters. The molecule has 0 aromatic rings. The van der Waals surface area contributed by atoms with E-state index in [9.17, 15) is 9.46 Å². The molecule has 37 heavy (non-hydrogen) atoms. The zero-order valence-corrected chi connectivity index (χ0v) is 25.4. The summed E-state index contributed by atoms with van der Waals surface area (Å²) in [5.74, 6) is 0. The predicted octanol–water partition coefficient (Wildman–Crippen LogP) is 7.02. The summed E-state index contributed by atoms with van der Waals surface area (Å²) in [4.78, 5) is 12.2. The molecule has 222 valence electrons. The van der Waals surface area contributed by atoms with Crippen molar-refractivity contribution >= 4 is 7.82 Å². The highest BCUT2D eigenvalue weighted by molar-refractivity contribution is 7.45. The SMILES string of the molecule is [3H]C1CO[14C](COCCCCCCCCCCCCCCCCCC)(COP(=O)([O-])OCC[N+](C)(C)C)C1[3H]. The summed E-state index contributed by atoms with van der Waals surface area (Å²) >= 11 is 0. The number of unbranched alkanes of at least 4 members (excludes halogenated alkanes) is 15. The van der Waals surface area contributed by atoms with Crippen LogP contribution >= 0.6 is 7.82 Å². The Morgan fingerprint density at radius 1 is 0.811 bits per heavy atom. The van der Waals surface area contributed by atoms with Crippen LogP contribution in [0.5, 0.6) is 0 Å². The smallest absolute Gasteiger partial charge is 0.268 e. The number of nitrogens with zero attached hydrogens (tertiary/aromatic N) is 1. The second-order valence-electron chi connectivity index (χ2n) is 11.7. The molecular weight excluding hydrogens is 491 g/mol. The molecule has 0 aliphatic carbocycles. The van der Waals surface area contributed by atoms with Crippen molar-refractivity contribution in [3.05, 3.63) is 0 Å². The number of rotatable bonds is 26. The van der Waals surface area contributed by atoms with Crippen LogP contribution in [0.25, 0.3) is 0 Å². The first-order chi connectivity index (χ1) is 18.5. The first-order valence-electron chi connectivity index (χ1n) is 16.1. The summed E-state index contributed by atoms with van der Waals surface area (Å²) < 4.78 is 50.8. The van der Waals surface area contributed by atoms with E-state index in [4.69, 9.17) is 21.3 Å². The number of hydrogen-bond acceptors (Lipinski definition) is 6. The van der Waals surface area contributed by atoms with Crippen LogP contribution in [0.3, 0.4) is 0 Å². The van der Waals surface area contributed by atoms with Crippen molar-refractivity contribution in [1.29, 1.82) is 0 Å². The summed E-state index contributed by atoms with van der Waals surface area (Å²) in [6.07, 6.45) is 19.2. The van der Waals surface area contributed by atoms with Gasteiger partial charge in [-0.1, -0.05) is 103 Å². The lowest BCUT2D eigenvalue weighted by Crippen LogP contribution is -2.40. The molecule has 0 bridgehead atoms. The van der Waals surface area contributed by atoms with Gasteiger partial charge in [-0.3, -0.25) is 4.57 Å². The lowest BCUT2D eigenvalue weighted by Gasteiger charge is -2.32. The van der Waals surface area contributed by atoms with Crippen LogP contribution in [0.1, 0.15) is 125 Å². The van der Waals surface area contributed by atoms with E-state index < -0.39 is 26.2 Å². The maximum absolute atomic E-state index is 12.2. The van der Waals surface area contributed by atoms with E-state index in [2.05, 4.69) is 6.92 Å². The Morgan fingerprint density at radius 3 is 1.78 bits per heavy atom. The molecule has 1 aliphatic heterocycles. The molecule has 0 spiro atoms. The van der Waals surface area contributed by atoms with Gasteiger partial charge >= 0.3 is 0 Å². The van der Waals surface area contributed by atoms with Crippen molar-refractivity contribution in [3.63, 3.8) is 0 Å². The molecule has 1 fully saturated rings. The Labute approximate surface area is 232 Å². The number of hydrogen-bond donors (Lipinski definition) is 0. The molecule has 1 heterocycles. The van der Waals surface area contributed by atoms with E-state index in [1.807, 2.05) is 21.1 Å². The standard InChI is InChI=1S/C29H60NO6P/c1-5-6-7-8-9-10-11-12-13-14-15-16-17-18-19-20-24-33-27-29(22-21-25-34-29)28-36-37(31,32)35-26-23-30(2,3)4/h5-28H2,1-4H3/i21T,22T,29+2. The Bertz CT molecular complexity index is 654. The first kappa shape index (κ1) is 31.5. The highest BCUT2D eigenvalue weighted by Gasteiger charge is 2.37. The minimum Gasteiger partial charge on any atom is -0.756 e. The number of phosphoric acid groups is 1. The fraction of sp³-hybridized carbons (Fsp3) is 1.00. The summed E-state index contributed by atoms with van der Waals surface area (Å²) in [6.45, 7) is 3.03. The van der Waals surface area contributed by atoms with Gasteiger partial charge in [-0.2, -0.15) is 0 Å². The molecule has 0 amide bonds. The molecule has 8 heteroatoms. The molecule has 0 aromatic heterocycles. The van der Waals surface area contributed by atoms with Crippen LogP contribution < -0.4 is 4.89 Å². The highest BCUT2D eigenvalue weighted by Crippen LogP contribution is 2.41. The number of phosphoric ester groups is 1. The van der Waals surface area contributed by atoms with Gasteiger partial charge in [0.2, 0.25) is 0 Å². The topological polar surface area (TPSA) is 77.1 Å². The minimum atomic E-state index is -4.54. The molecule has 1 rings (SSSR count). The Kier molecular flexibility index (Phi) is 17.7. The number of quaternary nitrogens is 1. The normalized spacial score (nSPS) is 24.7. The van der Waals surface area contributed by atoms with Gasteiger partial charge < -0.3 is 27.9 Å². The van der Waals surface area contributed by atoms with Gasteiger partial charge in [-0.05, 0) is 19.2 Å². The molecule has 0 N–H and O–H groups in total. The van der Waals surface area contributed by atoms with Crippen molar-refractivity contribution in [2.75, 3.05) is 60.7 Å². The maximum atomic E-state index is 12.2. The Morgan fingerprint density at radius 2 is 1.32 bits per heavy atom. The Balaban J connectivity index is 2.12. The van der Waals surface area contributed by atoms with Crippen LogP contribution in [0, 0.1) is 0 Å². The van der Waals surface area contributed by atoms with Crippen molar-refractivity contribution in [3.8, 4) is 0 Å². The monoisotopic (exact) mass is 555 g/mol. The molecule has 7 nitrogen and oxygen atoms in total. The molecule has 0 radical (unpaired) electrons. The molecule has 0 saturated carbocycles. The molecule has 0 aromatic carbocycles. The fourth-order valence-corrected chi connectivity index (χ4v) is 5.15. The van der Waals surface area contributed by atoms with Crippen LogP contribution in [-0.2, 0) is 23.1 Å². The first-order valence-corrected chi connectivity index (χ1v) is 16.4. The zero-order chi connectivity index (χ0) is 29.0. The average Bonchev–Trinajstić information content (AvgIpc) is 3.15. The van der Waals surface area contributed by atoms with Gasteiger partial charge in [0.25, 0.3) is 7.82 Å². The van der Waals surface area contributed by atoms with Crippen LogP contribution in [-0.4, -0.2) is 70.8 Å². The second kappa shape index (κ2) is 20.8. The van der Waals surface area contributed by atoms with Gasteiger partial charge in [-0.15, -0.1) is 0 Å². The average molecular weight is 556 g/mol. The van der Waals surface area contributed by atoms with E-state index in [0.717, 1.165) is 12.8 Å². The molecule has 1 saturated heterocycles.